The first kappa shape index (κ1) is 9.93. The monoisotopic (exact) mass is 176 g/mol. The summed E-state index contributed by atoms with van der Waals surface area (Å²) in [5, 5.41) is 9.26. The first-order valence-corrected chi connectivity index (χ1v) is 4.47. The fourth-order valence-electron chi connectivity index (χ4n) is 1.78. The molecule has 5 atom stereocenters. The highest BCUT2D eigenvalue weighted by molar-refractivity contribution is 4.85. The molecule has 12 heavy (non-hydrogen) atoms. The standard InChI is InChI=1S/C9H17FO2/c1-5-4-12-9(7(3)11)6(2)8(5)10/h5-9,11H,4H2,1-3H3/t5-,6-,7-,8-,9-/m0/s1. The Hall–Kier alpha value is -0.150. The van der Waals surface area contributed by atoms with Crippen LogP contribution in [0.1, 0.15) is 20.8 Å². The minimum Gasteiger partial charge on any atom is -0.391 e. The quantitative estimate of drug-likeness (QED) is 0.654. The second kappa shape index (κ2) is 3.71. The summed E-state index contributed by atoms with van der Waals surface area (Å²) in [6, 6.07) is 0. The fraction of sp³-hybridized carbons (Fsp3) is 1.00. The molecule has 0 unspecified atom stereocenters. The van der Waals surface area contributed by atoms with Gasteiger partial charge in [0.2, 0.25) is 0 Å². The van der Waals surface area contributed by atoms with Gasteiger partial charge < -0.3 is 9.84 Å². The summed E-state index contributed by atoms with van der Waals surface area (Å²) >= 11 is 0. The SMILES string of the molecule is C[C@H]1[C@@H](F)[C@@H](C)CO[C@@H]1[C@H](C)O. The van der Waals surface area contributed by atoms with Gasteiger partial charge >= 0.3 is 0 Å². The van der Waals surface area contributed by atoms with E-state index in [9.17, 15) is 9.50 Å². The summed E-state index contributed by atoms with van der Waals surface area (Å²) in [6.07, 6.45) is -1.76. The van der Waals surface area contributed by atoms with Crippen LogP contribution in [-0.2, 0) is 4.74 Å². The number of aliphatic hydroxyl groups excluding tert-OH is 1. The van der Waals surface area contributed by atoms with Gasteiger partial charge in [-0.3, -0.25) is 0 Å². The van der Waals surface area contributed by atoms with Crippen molar-refractivity contribution in [3.63, 3.8) is 0 Å². The number of alkyl halides is 1. The molecular weight excluding hydrogens is 159 g/mol. The number of halogens is 1. The van der Waals surface area contributed by atoms with Gasteiger partial charge in [-0.2, -0.15) is 0 Å². The minimum atomic E-state index is -0.849. The highest BCUT2D eigenvalue weighted by Crippen LogP contribution is 2.29. The van der Waals surface area contributed by atoms with Gasteiger partial charge in [-0.1, -0.05) is 13.8 Å². The van der Waals surface area contributed by atoms with E-state index in [1.807, 2.05) is 6.92 Å². The van der Waals surface area contributed by atoms with Crippen LogP contribution in [0.4, 0.5) is 4.39 Å². The van der Waals surface area contributed by atoms with Crippen LogP contribution in [0.25, 0.3) is 0 Å². The molecule has 0 amide bonds. The second-order valence-electron chi connectivity index (χ2n) is 3.82. The molecule has 1 heterocycles. The molecule has 2 nitrogen and oxygen atoms in total. The van der Waals surface area contributed by atoms with E-state index in [-0.39, 0.29) is 17.9 Å². The molecule has 0 radical (unpaired) electrons. The van der Waals surface area contributed by atoms with Crippen LogP contribution in [0.15, 0.2) is 0 Å². The van der Waals surface area contributed by atoms with Crippen molar-refractivity contribution in [3.8, 4) is 0 Å². The summed E-state index contributed by atoms with van der Waals surface area (Å²) in [5.74, 6) is -0.247. The van der Waals surface area contributed by atoms with Crippen LogP contribution in [0.2, 0.25) is 0 Å². The van der Waals surface area contributed by atoms with Crippen molar-refractivity contribution in [2.24, 2.45) is 11.8 Å². The average molecular weight is 176 g/mol. The van der Waals surface area contributed by atoms with Gasteiger partial charge in [-0.25, -0.2) is 4.39 Å². The lowest BCUT2D eigenvalue weighted by Gasteiger charge is -2.37. The second-order valence-corrected chi connectivity index (χ2v) is 3.82. The topological polar surface area (TPSA) is 29.5 Å². The zero-order valence-corrected chi connectivity index (χ0v) is 7.83. The molecule has 1 rings (SSSR count). The van der Waals surface area contributed by atoms with Crippen molar-refractivity contribution >= 4 is 0 Å². The maximum Gasteiger partial charge on any atom is 0.110 e. The zero-order chi connectivity index (χ0) is 9.30. The lowest BCUT2D eigenvalue weighted by Crippen LogP contribution is -2.46. The lowest BCUT2D eigenvalue weighted by atomic mass is 9.86. The highest BCUT2D eigenvalue weighted by Gasteiger charge is 2.37. The van der Waals surface area contributed by atoms with Crippen LogP contribution in [0.5, 0.6) is 0 Å². The van der Waals surface area contributed by atoms with E-state index >= 15 is 0 Å². The van der Waals surface area contributed by atoms with Crippen molar-refractivity contribution in [1.82, 2.24) is 0 Å². The number of hydrogen-bond acceptors (Lipinski definition) is 2. The third-order valence-corrected chi connectivity index (χ3v) is 2.59. The van der Waals surface area contributed by atoms with Crippen LogP contribution < -0.4 is 0 Å². The molecule has 0 bridgehead atoms. The van der Waals surface area contributed by atoms with Crippen molar-refractivity contribution in [1.29, 1.82) is 0 Å². The summed E-state index contributed by atoms with van der Waals surface area (Å²) in [5.41, 5.74) is 0. The first-order chi connectivity index (χ1) is 5.54. The molecule has 0 aromatic rings. The van der Waals surface area contributed by atoms with Gasteiger partial charge in [0.05, 0.1) is 18.8 Å². The predicted octanol–water partition coefficient (Wildman–Crippen LogP) is 1.38. The van der Waals surface area contributed by atoms with Gasteiger partial charge in [-0.15, -0.1) is 0 Å². The van der Waals surface area contributed by atoms with E-state index in [0.29, 0.717) is 6.61 Å². The Labute approximate surface area is 72.7 Å². The highest BCUT2D eigenvalue weighted by atomic mass is 19.1. The van der Waals surface area contributed by atoms with Crippen LogP contribution in [-0.4, -0.2) is 30.1 Å². The van der Waals surface area contributed by atoms with Crippen molar-refractivity contribution in [2.45, 2.75) is 39.2 Å². The molecule has 0 aromatic heterocycles. The van der Waals surface area contributed by atoms with Gasteiger partial charge in [0.1, 0.15) is 6.17 Å². The third-order valence-electron chi connectivity index (χ3n) is 2.59. The zero-order valence-electron chi connectivity index (χ0n) is 7.83. The Bertz CT molecular complexity index is 149. The Morgan fingerprint density at radius 2 is 2.08 bits per heavy atom. The van der Waals surface area contributed by atoms with Gasteiger partial charge in [0, 0.05) is 11.8 Å². The maximum atomic E-state index is 13.4. The predicted molar refractivity (Wildman–Crippen MR) is 44.6 cm³/mol. The molecule has 0 spiro atoms. The molecule has 1 aliphatic rings. The molecule has 1 saturated heterocycles. The Morgan fingerprint density at radius 3 is 2.58 bits per heavy atom. The lowest BCUT2D eigenvalue weighted by molar-refractivity contribution is -0.132. The molecule has 1 aliphatic heterocycles. The first-order valence-electron chi connectivity index (χ1n) is 4.47. The summed E-state index contributed by atoms with van der Waals surface area (Å²) in [7, 11) is 0. The maximum absolute atomic E-state index is 13.4. The van der Waals surface area contributed by atoms with E-state index in [2.05, 4.69) is 0 Å². The molecule has 1 N–H and O–H groups in total. The van der Waals surface area contributed by atoms with E-state index in [0.717, 1.165) is 0 Å². The number of ether oxygens (including phenoxy) is 1. The third kappa shape index (κ3) is 1.77. The van der Waals surface area contributed by atoms with Crippen LogP contribution in [0, 0.1) is 11.8 Å². The number of hydrogen-bond donors (Lipinski definition) is 1. The van der Waals surface area contributed by atoms with Crippen molar-refractivity contribution < 1.29 is 14.2 Å². The van der Waals surface area contributed by atoms with Crippen molar-refractivity contribution in [2.75, 3.05) is 6.61 Å². The normalized spacial score (nSPS) is 45.8. The molecule has 0 aliphatic carbocycles. The largest absolute Gasteiger partial charge is 0.391 e. The Kier molecular flexibility index (Phi) is 3.07. The summed E-state index contributed by atoms with van der Waals surface area (Å²) in [4.78, 5) is 0. The van der Waals surface area contributed by atoms with Crippen molar-refractivity contribution in [3.05, 3.63) is 0 Å². The van der Waals surface area contributed by atoms with Gasteiger partial charge in [0.25, 0.3) is 0 Å². The molecular formula is C9H17FO2. The number of rotatable bonds is 1. The van der Waals surface area contributed by atoms with E-state index < -0.39 is 12.3 Å². The average Bonchev–Trinajstić information content (AvgIpc) is 2.00. The molecule has 0 saturated carbocycles. The van der Waals surface area contributed by atoms with E-state index in [4.69, 9.17) is 4.74 Å². The summed E-state index contributed by atoms with van der Waals surface area (Å²) in [6.45, 7) is 5.68. The Morgan fingerprint density at radius 1 is 1.50 bits per heavy atom. The summed E-state index contributed by atoms with van der Waals surface area (Å²) < 4.78 is 18.7. The van der Waals surface area contributed by atoms with E-state index in [1.165, 1.54) is 0 Å². The van der Waals surface area contributed by atoms with Crippen LogP contribution in [0.3, 0.4) is 0 Å². The Balaban J connectivity index is 2.58. The number of aliphatic hydroxyl groups is 1. The smallest absolute Gasteiger partial charge is 0.110 e. The van der Waals surface area contributed by atoms with E-state index in [1.54, 1.807) is 13.8 Å². The fourth-order valence-corrected chi connectivity index (χ4v) is 1.78. The van der Waals surface area contributed by atoms with Crippen LogP contribution >= 0.6 is 0 Å². The molecule has 1 fully saturated rings. The molecule has 72 valence electrons. The molecule has 3 heteroatoms. The van der Waals surface area contributed by atoms with Gasteiger partial charge in [-0.05, 0) is 6.92 Å². The minimum absolute atomic E-state index is 0.0463. The molecule has 0 aromatic carbocycles. The van der Waals surface area contributed by atoms with Gasteiger partial charge in [0.15, 0.2) is 0 Å².